The first kappa shape index (κ1) is 13.5. The van der Waals surface area contributed by atoms with Crippen molar-refractivity contribution in [1.29, 1.82) is 0 Å². The summed E-state index contributed by atoms with van der Waals surface area (Å²) in [6, 6.07) is 5.31. The summed E-state index contributed by atoms with van der Waals surface area (Å²) >= 11 is 17.9. The van der Waals surface area contributed by atoms with Gasteiger partial charge in [0.1, 0.15) is 0 Å². The van der Waals surface area contributed by atoms with Gasteiger partial charge in [-0.1, -0.05) is 34.8 Å². The second-order valence-electron chi connectivity index (χ2n) is 3.90. The van der Waals surface area contributed by atoms with E-state index in [-0.39, 0.29) is 0 Å². The van der Waals surface area contributed by atoms with E-state index in [9.17, 15) is 0 Å². The smallest absolute Gasteiger partial charge is 0.0653 e. The summed E-state index contributed by atoms with van der Waals surface area (Å²) < 4.78 is 0. The highest BCUT2D eigenvalue weighted by Crippen LogP contribution is 2.32. The van der Waals surface area contributed by atoms with Crippen molar-refractivity contribution in [3.8, 4) is 0 Å². The van der Waals surface area contributed by atoms with Crippen molar-refractivity contribution >= 4 is 40.5 Å². The average molecular weight is 302 g/mol. The van der Waals surface area contributed by atoms with Crippen LogP contribution >= 0.6 is 34.8 Å². The minimum absolute atomic E-state index is 0.449. The van der Waals surface area contributed by atoms with Crippen molar-refractivity contribution in [3.05, 3.63) is 56.8 Å². The molecule has 1 heterocycles. The SMILES string of the molecule is Cc1ccncc1CNc1cc(Cl)c(Cl)cc1Cl. The van der Waals surface area contributed by atoms with Gasteiger partial charge in [0.2, 0.25) is 0 Å². The number of benzene rings is 1. The zero-order valence-corrected chi connectivity index (χ0v) is 11.9. The topological polar surface area (TPSA) is 24.9 Å². The van der Waals surface area contributed by atoms with Gasteiger partial charge in [0, 0.05) is 18.9 Å². The highest BCUT2D eigenvalue weighted by molar-refractivity contribution is 6.44. The molecule has 2 aromatic rings. The maximum atomic E-state index is 6.09. The Kier molecular flexibility index (Phi) is 4.33. The molecule has 1 aromatic heterocycles. The van der Waals surface area contributed by atoms with Gasteiger partial charge >= 0.3 is 0 Å². The fraction of sp³-hybridized carbons (Fsp3) is 0.154. The molecule has 0 aliphatic heterocycles. The molecule has 0 aliphatic rings. The van der Waals surface area contributed by atoms with E-state index in [1.54, 1.807) is 18.3 Å². The molecule has 5 heteroatoms. The normalized spacial score (nSPS) is 10.4. The number of nitrogens with zero attached hydrogens (tertiary/aromatic N) is 1. The molecular weight excluding hydrogens is 291 g/mol. The number of aromatic nitrogens is 1. The summed E-state index contributed by atoms with van der Waals surface area (Å²) in [5, 5.41) is 4.70. The maximum absolute atomic E-state index is 6.09. The quantitative estimate of drug-likeness (QED) is 0.810. The summed E-state index contributed by atoms with van der Waals surface area (Å²) in [5.41, 5.74) is 3.04. The van der Waals surface area contributed by atoms with Crippen molar-refractivity contribution in [3.63, 3.8) is 0 Å². The predicted molar refractivity (Wildman–Crippen MR) is 77.8 cm³/mol. The molecule has 0 bridgehead atoms. The number of anilines is 1. The van der Waals surface area contributed by atoms with Gasteiger partial charge in [-0.3, -0.25) is 4.98 Å². The van der Waals surface area contributed by atoms with Gasteiger partial charge in [-0.25, -0.2) is 0 Å². The van der Waals surface area contributed by atoms with Crippen LogP contribution in [0, 0.1) is 6.92 Å². The molecule has 0 saturated carbocycles. The molecule has 2 rings (SSSR count). The molecule has 0 spiro atoms. The van der Waals surface area contributed by atoms with Crippen LogP contribution in [0.5, 0.6) is 0 Å². The second-order valence-corrected chi connectivity index (χ2v) is 5.12. The number of halogens is 3. The van der Waals surface area contributed by atoms with Crippen LogP contribution in [0.25, 0.3) is 0 Å². The Labute approximate surface area is 121 Å². The van der Waals surface area contributed by atoms with Crippen molar-refractivity contribution in [2.75, 3.05) is 5.32 Å². The Balaban J connectivity index is 2.16. The van der Waals surface area contributed by atoms with E-state index < -0.39 is 0 Å². The van der Waals surface area contributed by atoms with Crippen LogP contribution in [-0.4, -0.2) is 4.98 Å². The van der Waals surface area contributed by atoms with E-state index in [4.69, 9.17) is 34.8 Å². The largest absolute Gasteiger partial charge is 0.380 e. The zero-order valence-electron chi connectivity index (χ0n) is 9.67. The number of aryl methyl sites for hydroxylation is 1. The van der Waals surface area contributed by atoms with Gasteiger partial charge in [0.05, 0.1) is 20.8 Å². The molecule has 0 unspecified atom stereocenters. The lowest BCUT2D eigenvalue weighted by molar-refractivity contribution is 1.08. The Morgan fingerprint density at radius 2 is 1.83 bits per heavy atom. The van der Waals surface area contributed by atoms with Crippen LogP contribution < -0.4 is 5.32 Å². The van der Waals surface area contributed by atoms with E-state index in [0.717, 1.165) is 11.3 Å². The second kappa shape index (κ2) is 5.79. The molecule has 0 atom stereocenters. The Bertz CT molecular complexity index is 570. The molecule has 18 heavy (non-hydrogen) atoms. The number of hydrogen-bond donors (Lipinski definition) is 1. The minimum atomic E-state index is 0.449. The van der Waals surface area contributed by atoms with Gasteiger partial charge in [0.15, 0.2) is 0 Å². The van der Waals surface area contributed by atoms with Crippen LogP contribution in [0.1, 0.15) is 11.1 Å². The third kappa shape index (κ3) is 3.08. The van der Waals surface area contributed by atoms with Crippen molar-refractivity contribution < 1.29 is 0 Å². The number of pyridine rings is 1. The molecule has 0 radical (unpaired) electrons. The standard InChI is InChI=1S/C13H11Cl3N2/c1-8-2-3-17-6-9(8)7-18-13-5-11(15)10(14)4-12(13)16/h2-6,18H,7H2,1H3. The molecule has 1 aromatic carbocycles. The van der Waals surface area contributed by atoms with Gasteiger partial charge in [-0.05, 0) is 36.2 Å². The fourth-order valence-electron chi connectivity index (χ4n) is 1.53. The molecule has 0 aliphatic carbocycles. The first-order valence-corrected chi connectivity index (χ1v) is 6.49. The molecular formula is C13H11Cl3N2. The van der Waals surface area contributed by atoms with E-state index in [1.807, 2.05) is 19.2 Å². The van der Waals surface area contributed by atoms with Crippen LogP contribution in [0.4, 0.5) is 5.69 Å². The maximum Gasteiger partial charge on any atom is 0.0653 e. The van der Waals surface area contributed by atoms with Crippen molar-refractivity contribution in [2.24, 2.45) is 0 Å². The van der Waals surface area contributed by atoms with Crippen molar-refractivity contribution in [1.82, 2.24) is 4.98 Å². The Morgan fingerprint density at radius 1 is 1.11 bits per heavy atom. The highest BCUT2D eigenvalue weighted by Gasteiger charge is 2.06. The monoisotopic (exact) mass is 300 g/mol. The molecule has 0 amide bonds. The van der Waals surface area contributed by atoms with Gasteiger partial charge in [-0.2, -0.15) is 0 Å². The van der Waals surface area contributed by atoms with E-state index in [0.29, 0.717) is 21.6 Å². The van der Waals surface area contributed by atoms with E-state index in [1.165, 1.54) is 5.56 Å². The molecule has 2 nitrogen and oxygen atoms in total. The van der Waals surface area contributed by atoms with Crippen LogP contribution in [0.15, 0.2) is 30.6 Å². The van der Waals surface area contributed by atoms with Gasteiger partial charge in [0.25, 0.3) is 0 Å². The van der Waals surface area contributed by atoms with Crippen LogP contribution in [0.3, 0.4) is 0 Å². The summed E-state index contributed by atoms with van der Waals surface area (Å²) in [6.07, 6.45) is 3.60. The Hall–Kier alpha value is -0.960. The van der Waals surface area contributed by atoms with Crippen LogP contribution in [0.2, 0.25) is 15.1 Å². The summed E-state index contributed by atoms with van der Waals surface area (Å²) in [7, 11) is 0. The van der Waals surface area contributed by atoms with Crippen LogP contribution in [-0.2, 0) is 6.54 Å². The Morgan fingerprint density at radius 3 is 2.56 bits per heavy atom. The number of rotatable bonds is 3. The number of nitrogens with one attached hydrogen (secondary N) is 1. The summed E-state index contributed by atoms with van der Waals surface area (Å²) in [5.74, 6) is 0. The lowest BCUT2D eigenvalue weighted by Gasteiger charge is -2.11. The fourth-order valence-corrected chi connectivity index (χ4v) is 2.14. The molecule has 1 N–H and O–H groups in total. The predicted octanol–water partition coefficient (Wildman–Crippen LogP) is 4.96. The molecule has 94 valence electrons. The summed E-state index contributed by atoms with van der Waals surface area (Å²) in [6.45, 7) is 2.67. The minimum Gasteiger partial charge on any atom is -0.380 e. The molecule has 0 saturated heterocycles. The average Bonchev–Trinajstić information content (AvgIpc) is 2.34. The van der Waals surface area contributed by atoms with E-state index in [2.05, 4.69) is 10.3 Å². The third-order valence-corrected chi connectivity index (χ3v) is 3.66. The lowest BCUT2D eigenvalue weighted by atomic mass is 10.1. The van der Waals surface area contributed by atoms with Gasteiger partial charge in [-0.15, -0.1) is 0 Å². The third-order valence-electron chi connectivity index (χ3n) is 2.63. The highest BCUT2D eigenvalue weighted by atomic mass is 35.5. The lowest BCUT2D eigenvalue weighted by Crippen LogP contribution is -2.02. The molecule has 0 fully saturated rings. The zero-order chi connectivity index (χ0) is 13.1. The first-order valence-electron chi connectivity index (χ1n) is 5.36. The summed E-state index contributed by atoms with van der Waals surface area (Å²) in [4.78, 5) is 4.09. The van der Waals surface area contributed by atoms with Gasteiger partial charge < -0.3 is 5.32 Å². The van der Waals surface area contributed by atoms with Crippen molar-refractivity contribution in [2.45, 2.75) is 13.5 Å². The first-order chi connectivity index (χ1) is 8.58. The number of hydrogen-bond acceptors (Lipinski definition) is 2. The van der Waals surface area contributed by atoms with E-state index >= 15 is 0 Å².